The summed E-state index contributed by atoms with van der Waals surface area (Å²) in [6.45, 7) is 6.05. The van der Waals surface area contributed by atoms with Crippen molar-refractivity contribution in [2.45, 2.75) is 219 Å². The van der Waals surface area contributed by atoms with Crippen LogP contribution in [0.25, 0.3) is 0 Å². The van der Waals surface area contributed by atoms with E-state index in [1.807, 2.05) is 0 Å². The Morgan fingerprint density at radius 3 is 1.19 bits per heavy atom. The molecule has 0 bridgehead atoms. The van der Waals surface area contributed by atoms with Gasteiger partial charge >= 0.3 is 24.1 Å². The molecule has 0 aliphatic heterocycles. The zero-order valence-corrected chi connectivity index (χ0v) is 36.2. The lowest BCUT2D eigenvalue weighted by atomic mass is 10.0. The lowest BCUT2D eigenvalue weighted by molar-refractivity contribution is -0.145. The van der Waals surface area contributed by atoms with Gasteiger partial charge in [0.05, 0.1) is 26.4 Å². The second-order valence-corrected chi connectivity index (χ2v) is 15.6. The molecule has 0 heterocycles. The molecule has 312 valence electrons. The molecule has 10 heteroatoms. The zero-order chi connectivity index (χ0) is 38.9. The van der Waals surface area contributed by atoms with Gasteiger partial charge in [-0.05, 0) is 51.4 Å². The van der Waals surface area contributed by atoms with Crippen molar-refractivity contribution in [2.75, 3.05) is 30.9 Å². The Labute approximate surface area is 338 Å². The van der Waals surface area contributed by atoms with Crippen molar-refractivity contribution in [1.29, 1.82) is 0 Å². The highest BCUT2D eigenvalue weighted by Gasteiger charge is 2.17. The van der Waals surface area contributed by atoms with Crippen molar-refractivity contribution in [3.63, 3.8) is 0 Å². The minimum Gasteiger partial charge on any atom is -0.466 e. The van der Waals surface area contributed by atoms with Gasteiger partial charge in [-0.25, -0.2) is 4.79 Å². The van der Waals surface area contributed by atoms with E-state index >= 15 is 0 Å². The SMILES string of the molecule is CCCCCCCCOC(=O)CCCCCCCCC(=O)OCCC(CCCCCCCCCCOC(=O)CCCCCCC)OC(=O)OCCCI. The van der Waals surface area contributed by atoms with Gasteiger partial charge in [-0.1, -0.05) is 158 Å². The third kappa shape index (κ3) is 39.9. The van der Waals surface area contributed by atoms with Crippen LogP contribution >= 0.6 is 22.6 Å². The number of hydrogen-bond donors (Lipinski definition) is 0. The summed E-state index contributed by atoms with van der Waals surface area (Å²) >= 11 is 2.25. The van der Waals surface area contributed by atoms with Crippen LogP contribution < -0.4 is 0 Å². The lowest BCUT2D eigenvalue weighted by Crippen LogP contribution is -2.22. The molecule has 0 N–H and O–H groups in total. The second kappa shape index (κ2) is 41.6. The fourth-order valence-corrected chi connectivity index (χ4v) is 6.38. The third-order valence-corrected chi connectivity index (χ3v) is 10.2. The van der Waals surface area contributed by atoms with Crippen LogP contribution in [0.1, 0.15) is 213 Å². The number of carbonyl (C=O) groups excluding carboxylic acids is 4. The summed E-state index contributed by atoms with van der Waals surface area (Å²) in [6, 6.07) is 0. The minimum absolute atomic E-state index is 0.0553. The molecule has 1 unspecified atom stereocenters. The number of esters is 3. The van der Waals surface area contributed by atoms with Crippen LogP contribution in [0.4, 0.5) is 4.79 Å². The first kappa shape index (κ1) is 51.4. The number of unbranched alkanes of at least 4 members (excludes halogenated alkanes) is 21. The molecule has 1 atom stereocenters. The highest BCUT2D eigenvalue weighted by Crippen LogP contribution is 2.16. The quantitative estimate of drug-likeness (QED) is 0.0195. The molecule has 0 aromatic heterocycles. The van der Waals surface area contributed by atoms with E-state index in [1.165, 1.54) is 51.4 Å². The minimum atomic E-state index is -0.645. The van der Waals surface area contributed by atoms with E-state index in [4.69, 9.17) is 23.7 Å². The Balaban J connectivity index is 3.97. The topological polar surface area (TPSA) is 114 Å². The molecule has 0 aromatic carbocycles. The molecule has 0 radical (unpaired) electrons. The molecule has 9 nitrogen and oxygen atoms in total. The van der Waals surface area contributed by atoms with Gasteiger partial charge in [-0.2, -0.15) is 0 Å². The van der Waals surface area contributed by atoms with Crippen LogP contribution in [0.3, 0.4) is 0 Å². The second-order valence-electron chi connectivity index (χ2n) is 14.5. The molecule has 0 aliphatic rings. The van der Waals surface area contributed by atoms with Crippen LogP contribution in [0.5, 0.6) is 0 Å². The highest BCUT2D eigenvalue weighted by molar-refractivity contribution is 14.1. The van der Waals surface area contributed by atoms with Gasteiger partial charge in [-0.15, -0.1) is 0 Å². The standard InChI is InChI=1S/C43H79IO9/c1-3-5-7-9-20-26-35-49-41(46)31-24-18-13-14-19-25-32-42(47)51-38-33-39(53-43(48)52-37-28-34-44)29-22-17-12-10-11-15-21-27-36-50-40(45)30-23-16-8-6-4-2/h39H,3-38H2,1-2H3. The molecule has 0 fully saturated rings. The Bertz CT molecular complexity index is 854. The summed E-state index contributed by atoms with van der Waals surface area (Å²) in [5.41, 5.74) is 0. The maximum Gasteiger partial charge on any atom is 0.508 e. The fourth-order valence-electron chi connectivity index (χ4n) is 6.07. The Hall–Kier alpha value is -1.59. The first-order valence-corrected chi connectivity index (χ1v) is 23.3. The average molecular weight is 867 g/mol. The maximum atomic E-state index is 12.3. The molecule has 0 spiro atoms. The van der Waals surface area contributed by atoms with E-state index in [0.29, 0.717) is 45.5 Å². The van der Waals surface area contributed by atoms with Gasteiger partial charge in [0.15, 0.2) is 0 Å². The summed E-state index contributed by atoms with van der Waals surface area (Å²) in [5, 5.41) is 0. The molecule has 0 rings (SSSR count). The van der Waals surface area contributed by atoms with E-state index in [-0.39, 0.29) is 30.6 Å². The van der Waals surface area contributed by atoms with Crippen LogP contribution in [0, 0.1) is 0 Å². The highest BCUT2D eigenvalue weighted by atomic mass is 127. The Morgan fingerprint density at radius 1 is 0.396 bits per heavy atom. The van der Waals surface area contributed by atoms with Crippen molar-refractivity contribution < 1.29 is 42.9 Å². The number of carbonyl (C=O) groups is 4. The summed E-state index contributed by atoms with van der Waals surface area (Å²) in [6.07, 6.45) is 29.5. The third-order valence-electron chi connectivity index (χ3n) is 9.40. The fraction of sp³-hybridized carbons (Fsp3) is 0.907. The first-order valence-electron chi connectivity index (χ1n) is 21.8. The summed E-state index contributed by atoms with van der Waals surface area (Å²) in [5.74, 6) is -0.349. The average Bonchev–Trinajstić information content (AvgIpc) is 3.14. The van der Waals surface area contributed by atoms with E-state index in [2.05, 4.69) is 36.4 Å². The molecular formula is C43H79IO9. The van der Waals surface area contributed by atoms with Crippen LogP contribution in [-0.2, 0) is 38.1 Å². The van der Waals surface area contributed by atoms with E-state index in [1.54, 1.807) is 0 Å². The molecule has 0 saturated heterocycles. The molecule has 0 amide bonds. The predicted molar refractivity (Wildman–Crippen MR) is 222 cm³/mol. The van der Waals surface area contributed by atoms with Gasteiger partial charge < -0.3 is 23.7 Å². The predicted octanol–water partition coefficient (Wildman–Crippen LogP) is 12.7. The number of alkyl halides is 1. The Morgan fingerprint density at radius 2 is 0.755 bits per heavy atom. The number of ether oxygens (including phenoxy) is 5. The van der Waals surface area contributed by atoms with Crippen molar-refractivity contribution in [3.05, 3.63) is 0 Å². The molecule has 53 heavy (non-hydrogen) atoms. The van der Waals surface area contributed by atoms with Gasteiger partial charge in [0.25, 0.3) is 0 Å². The molecular weight excluding hydrogens is 787 g/mol. The van der Waals surface area contributed by atoms with E-state index < -0.39 is 6.16 Å². The van der Waals surface area contributed by atoms with Crippen molar-refractivity contribution >= 4 is 46.7 Å². The number of halogens is 1. The number of hydrogen-bond acceptors (Lipinski definition) is 9. The maximum absolute atomic E-state index is 12.3. The van der Waals surface area contributed by atoms with Crippen molar-refractivity contribution in [3.8, 4) is 0 Å². The molecule has 0 aromatic rings. The van der Waals surface area contributed by atoms with Crippen LogP contribution in [-0.4, -0.2) is 61.0 Å². The van der Waals surface area contributed by atoms with Gasteiger partial charge in [0, 0.05) is 30.1 Å². The van der Waals surface area contributed by atoms with Crippen LogP contribution in [0.2, 0.25) is 0 Å². The van der Waals surface area contributed by atoms with Gasteiger partial charge in [0.1, 0.15) is 6.10 Å². The monoisotopic (exact) mass is 866 g/mol. The van der Waals surface area contributed by atoms with Crippen LogP contribution in [0.15, 0.2) is 0 Å². The largest absolute Gasteiger partial charge is 0.508 e. The van der Waals surface area contributed by atoms with E-state index in [9.17, 15) is 19.2 Å². The summed E-state index contributed by atoms with van der Waals surface area (Å²) in [4.78, 5) is 48.2. The summed E-state index contributed by atoms with van der Waals surface area (Å²) in [7, 11) is 0. The lowest BCUT2D eigenvalue weighted by Gasteiger charge is -2.18. The molecule has 0 aliphatic carbocycles. The number of rotatable bonds is 40. The normalized spacial score (nSPS) is 11.6. The smallest absolute Gasteiger partial charge is 0.466 e. The van der Waals surface area contributed by atoms with Gasteiger partial charge in [-0.3, -0.25) is 14.4 Å². The Kier molecular flexibility index (Phi) is 40.3. The zero-order valence-electron chi connectivity index (χ0n) is 34.1. The van der Waals surface area contributed by atoms with E-state index in [0.717, 1.165) is 126 Å². The van der Waals surface area contributed by atoms with Crippen molar-refractivity contribution in [2.24, 2.45) is 0 Å². The van der Waals surface area contributed by atoms with Crippen molar-refractivity contribution in [1.82, 2.24) is 0 Å². The molecule has 0 saturated carbocycles. The first-order chi connectivity index (χ1) is 25.9. The van der Waals surface area contributed by atoms with Gasteiger partial charge in [0.2, 0.25) is 0 Å². The summed E-state index contributed by atoms with van der Waals surface area (Å²) < 4.78 is 27.9.